The highest BCUT2D eigenvalue weighted by molar-refractivity contribution is 6.32. The SMILES string of the molecule is CC(=O)Nc1cc(Nc2ncc(Cl)c(-c3cnc(C(C)C)n3C)n2)ccc1N(C)CCN(C)C. The molecule has 3 rings (SSSR count). The van der Waals surface area contributed by atoms with Gasteiger partial charge in [0, 0.05) is 45.7 Å². The van der Waals surface area contributed by atoms with E-state index in [1.807, 2.05) is 51.0 Å². The molecule has 0 radical (unpaired) electrons. The van der Waals surface area contributed by atoms with Crippen LogP contribution in [0.1, 0.15) is 32.5 Å². The predicted molar refractivity (Wildman–Crippen MR) is 139 cm³/mol. The summed E-state index contributed by atoms with van der Waals surface area (Å²) in [5.41, 5.74) is 3.80. The number of nitrogens with zero attached hydrogens (tertiary/aromatic N) is 6. The van der Waals surface area contributed by atoms with Gasteiger partial charge in [-0.1, -0.05) is 25.4 Å². The van der Waals surface area contributed by atoms with Crippen LogP contribution in [-0.4, -0.2) is 64.6 Å². The molecule has 10 heteroatoms. The highest BCUT2D eigenvalue weighted by Gasteiger charge is 2.17. The van der Waals surface area contributed by atoms with E-state index in [1.165, 1.54) is 6.92 Å². The number of amides is 1. The molecular weight excluding hydrogens is 452 g/mol. The van der Waals surface area contributed by atoms with Crippen molar-refractivity contribution in [1.82, 2.24) is 24.4 Å². The summed E-state index contributed by atoms with van der Waals surface area (Å²) in [6, 6.07) is 5.78. The largest absolute Gasteiger partial charge is 0.372 e. The van der Waals surface area contributed by atoms with E-state index < -0.39 is 0 Å². The van der Waals surface area contributed by atoms with Gasteiger partial charge < -0.3 is 25.0 Å². The van der Waals surface area contributed by atoms with E-state index in [4.69, 9.17) is 11.6 Å². The lowest BCUT2D eigenvalue weighted by Gasteiger charge is -2.24. The minimum atomic E-state index is -0.137. The molecule has 0 aliphatic rings. The summed E-state index contributed by atoms with van der Waals surface area (Å²) in [5, 5.41) is 6.60. The zero-order valence-corrected chi connectivity index (χ0v) is 21.6. The first-order valence-corrected chi connectivity index (χ1v) is 11.5. The van der Waals surface area contributed by atoms with Crippen molar-refractivity contribution >= 4 is 40.5 Å². The second-order valence-corrected chi connectivity index (χ2v) is 9.28. The molecule has 0 saturated heterocycles. The van der Waals surface area contributed by atoms with Gasteiger partial charge in [0.15, 0.2) is 0 Å². The van der Waals surface area contributed by atoms with Crippen molar-refractivity contribution in [3.05, 3.63) is 41.4 Å². The van der Waals surface area contributed by atoms with E-state index in [-0.39, 0.29) is 11.8 Å². The van der Waals surface area contributed by atoms with Crippen LogP contribution in [0.15, 0.2) is 30.6 Å². The molecule has 3 aromatic rings. The number of rotatable bonds is 9. The lowest BCUT2D eigenvalue weighted by molar-refractivity contribution is -0.114. The van der Waals surface area contributed by atoms with E-state index >= 15 is 0 Å². The molecule has 0 spiro atoms. The molecular formula is C24H33ClN8O. The van der Waals surface area contributed by atoms with Crippen molar-refractivity contribution in [2.75, 3.05) is 49.8 Å². The van der Waals surface area contributed by atoms with Crippen LogP contribution in [0.3, 0.4) is 0 Å². The summed E-state index contributed by atoms with van der Waals surface area (Å²) in [4.78, 5) is 29.6. The van der Waals surface area contributed by atoms with Crippen molar-refractivity contribution in [1.29, 1.82) is 0 Å². The molecule has 2 aromatic heterocycles. The van der Waals surface area contributed by atoms with E-state index in [9.17, 15) is 4.79 Å². The van der Waals surface area contributed by atoms with Crippen LogP contribution in [0.2, 0.25) is 5.02 Å². The quantitative estimate of drug-likeness (QED) is 0.466. The number of hydrogen-bond donors (Lipinski definition) is 2. The van der Waals surface area contributed by atoms with Crippen molar-refractivity contribution in [3.8, 4) is 11.4 Å². The van der Waals surface area contributed by atoms with Crippen LogP contribution >= 0.6 is 11.6 Å². The third-order valence-electron chi connectivity index (χ3n) is 5.38. The van der Waals surface area contributed by atoms with Crippen molar-refractivity contribution < 1.29 is 4.79 Å². The van der Waals surface area contributed by atoms with Crippen LogP contribution in [0.4, 0.5) is 23.0 Å². The van der Waals surface area contributed by atoms with Crippen molar-refractivity contribution in [2.24, 2.45) is 7.05 Å². The molecule has 2 N–H and O–H groups in total. The Hall–Kier alpha value is -3.17. The van der Waals surface area contributed by atoms with Crippen LogP contribution < -0.4 is 15.5 Å². The number of benzene rings is 1. The Morgan fingerprint density at radius 3 is 2.50 bits per heavy atom. The summed E-state index contributed by atoms with van der Waals surface area (Å²) >= 11 is 6.43. The number of nitrogens with one attached hydrogen (secondary N) is 2. The molecule has 1 amide bonds. The highest BCUT2D eigenvalue weighted by atomic mass is 35.5. The number of carbonyl (C=O) groups is 1. The monoisotopic (exact) mass is 484 g/mol. The Kier molecular flexibility index (Phi) is 8.11. The van der Waals surface area contributed by atoms with Gasteiger partial charge in [-0.3, -0.25) is 4.79 Å². The van der Waals surface area contributed by atoms with Gasteiger partial charge in [0.2, 0.25) is 11.9 Å². The summed E-state index contributed by atoms with van der Waals surface area (Å²) in [6.45, 7) is 7.39. The molecule has 0 saturated carbocycles. The number of imidazole rings is 1. The van der Waals surface area contributed by atoms with E-state index in [0.717, 1.165) is 36.0 Å². The Morgan fingerprint density at radius 1 is 1.15 bits per heavy atom. The normalized spacial score (nSPS) is 11.2. The topological polar surface area (TPSA) is 91.2 Å². The maximum Gasteiger partial charge on any atom is 0.227 e. The zero-order chi connectivity index (χ0) is 25.0. The van der Waals surface area contributed by atoms with Crippen LogP contribution in [-0.2, 0) is 11.8 Å². The molecule has 0 bridgehead atoms. The third-order valence-corrected chi connectivity index (χ3v) is 5.66. The van der Waals surface area contributed by atoms with Gasteiger partial charge in [0.05, 0.1) is 34.5 Å². The number of carbonyl (C=O) groups excluding carboxylic acids is 1. The molecule has 2 heterocycles. The van der Waals surface area contributed by atoms with Gasteiger partial charge in [-0.25, -0.2) is 15.0 Å². The van der Waals surface area contributed by atoms with E-state index in [2.05, 4.69) is 49.2 Å². The first kappa shape index (κ1) is 25.5. The van der Waals surface area contributed by atoms with Gasteiger partial charge in [-0.15, -0.1) is 0 Å². The van der Waals surface area contributed by atoms with Gasteiger partial charge in [-0.05, 0) is 32.3 Å². The molecule has 9 nitrogen and oxygen atoms in total. The summed E-state index contributed by atoms with van der Waals surface area (Å²) in [5.74, 6) is 1.49. The van der Waals surface area contributed by atoms with E-state index in [0.29, 0.717) is 22.4 Å². The van der Waals surface area contributed by atoms with Crippen molar-refractivity contribution in [2.45, 2.75) is 26.7 Å². The van der Waals surface area contributed by atoms with Gasteiger partial charge >= 0.3 is 0 Å². The predicted octanol–water partition coefficient (Wildman–Crippen LogP) is 4.35. The minimum absolute atomic E-state index is 0.137. The molecule has 0 aliphatic carbocycles. The lowest BCUT2D eigenvalue weighted by atomic mass is 10.2. The number of aromatic nitrogens is 4. The van der Waals surface area contributed by atoms with Crippen molar-refractivity contribution in [3.63, 3.8) is 0 Å². The molecule has 182 valence electrons. The fourth-order valence-electron chi connectivity index (χ4n) is 3.62. The summed E-state index contributed by atoms with van der Waals surface area (Å²) in [6.07, 6.45) is 3.35. The molecule has 0 atom stereocenters. The average Bonchev–Trinajstić information content (AvgIpc) is 3.14. The third kappa shape index (κ3) is 6.03. The van der Waals surface area contributed by atoms with Gasteiger partial charge in [0.25, 0.3) is 0 Å². The second-order valence-electron chi connectivity index (χ2n) is 8.87. The fourth-order valence-corrected chi connectivity index (χ4v) is 3.81. The summed E-state index contributed by atoms with van der Waals surface area (Å²) in [7, 11) is 8.02. The highest BCUT2D eigenvalue weighted by Crippen LogP contribution is 2.32. The van der Waals surface area contributed by atoms with Crippen LogP contribution in [0, 0.1) is 0 Å². The molecule has 34 heavy (non-hydrogen) atoms. The molecule has 0 aliphatic heterocycles. The number of anilines is 4. The molecule has 0 fully saturated rings. The molecule has 0 unspecified atom stereocenters. The van der Waals surface area contributed by atoms with Gasteiger partial charge in [-0.2, -0.15) is 0 Å². The lowest BCUT2D eigenvalue weighted by Crippen LogP contribution is -2.29. The minimum Gasteiger partial charge on any atom is -0.372 e. The second kappa shape index (κ2) is 10.8. The first-order chi connectivity index (χ1) is 16.1. The zero-order valence-electron chi connectivity index (χ0n) is 20.8. The molecule has 1 aromatic carbocycles. The maximum absolute atomic E-state index is 11.8. The smallest absolute Gasteiger partial charge is 0.227 e. The summed E-state index contributed by atoms with van der Waals surface area (Å²) < 4.78 is 2.00. The van der Waals surface area contributed by atoms with Crippen LogP contribution in [0.5, 0.6) is 0 Å². The van der Waals surface area contributed by atoms with Gasteiger partial charge in [0.1, 0.15) is 11.5 Å². The maximum atomic E-state index is 11.8. The number of halogens is 1. The number of likely N-dealkylation sites (N-methyl/N-ethyl adjacent to an activating group) is 2. The number of hydrogen-bond acceptors (Lipinski definition) is 7. The Balaban J connectivity index is 1.90. The fraction of sp³-hybridized carbons (Fsp3) is 0.417. The Labute approximate surface area is 206 Å². The average molecular weight is 485 g/mol. The Bertz CT molecular complexity index is 1160. The first-order valence-electron chi connectivity index (χ1n) is 11.2. The van der Waals surface area contributed by atoms with Crippen LogP contribution in [0.25, 0.3) is 11.4 Å². The standard InChI is InChI=1S/C24H33ClN8O/c1-15(2)23-26-14-21(33(23)7)22-18(25)13-27-24(30-22)29-17-8-9-20(19(12-17)28-16(3)34)32(6)11-10-31(4)5/h8-9,12-15H,10-11H2,1-7H3,(H,28,34)(H,27,29,30). The van der Waals surface area contributed by atoms with E-state index in [1.54, 1.807) is 12.4 Å². The Morgan fingerprint density at radius 2 is 1.88 bits per heavy atom.